The molecule has 2 N–H and O–H groups in total. The molecule has 4 rings (SSSR count). The molecule has 0 amide bonds. The van der Waals surface area contributed by atoms with E-state index in [0.717, 1.165) is 16.7 Å². The third-order valence-electron chi connectivity index (χ3n) is 5.26. The highest BCUT2D eigenvalue weighted by molar-refractivity contribution is 8.02. The third-order valence-corrected chi connectivity index (χ3v) is 6.14. The molecule has 0 saturated carbocycles. The zero-order valence-electron chi connectivity index (χ0n) is 17.5. The zero-order valence-corrected chi connectivity index (χ0v) is 18.3. The van der Waals surface area contributed by atoms with Gasteiger partial charge in [-0.1, -0.05) is 108 Å². The second kappa shape index (κ2) is 9.72. The molecule has 0 aromatic heterocycles. The van der Waals surface area contributed by atoms with Crippen LogP contribution in [0.1, 0.15) is 16.7 Å². The number of oxime groups is 1. The van der Waals surface area contributed by atoms with Crippen molar-refractivity contribution < 1.29 is 14.7 Å². The molecule has 1 atom stereocenters. The summed E-state index contributed by atoms with van der Waals surface area (Å²) in [5, 5.41) is 19.0. The molecule has 1 unspecified atom stereocenters. The molecular formula is C25H23N3O3S. The number of carbonyl (C=O) groups is 1. The van der Waals surface area contributed by atoms with E-state index in [4.69, 9.17) is 4.84 Å². The summed E-state index contributed by atoms with van der Waals surface area (Å²) < 4.78 is 0. The van der Waals surface area contributed by atoms with Gasteiger partial charge in [-0.2, -0.15) is 0 Å². The molecule has 32 heavy (non-hydrogen) atoms. The van der Waals surface area contributed by atoms with E-state index in [0.29, 0.717) is 0 Å². The minimum absolute atomic E-state index is 0.200. The Morgan fingerprint density at radius 3 is 1.81 bits per heavy atom. The van der Waals surface area contributed by atoms with Gasteiger partial charge in [0.2, 0.25) is 0 Å². The number of hydrogen-bond acceptors (Lipinski definition) is 5. The highest BCUT2D eigenvalue weighted by atomic mass is 32.2. The van der Waals surface area contributed by atoms with Gasteiger partial charge in [-0.3, -0.25) is 10.2 Å². The first-order valence-electron chi connectivity index (χ1n) is 10.1. The van der Waals surface area contributed by atoms with Gasteiger partial charge >= 0.3 is 5.97 Å². The van der Waals surface area contributed by atoms with Crippen molar-refractivity contribution in [1.82, 2.24) is 10.2 Å². The standard InChI is InChI=1S/C25H23N3O3S/c1-31-27-22(23(29)30)28-17-18-32-24(28)26-25(19-11-5-2-6-12-19,20-13-7-3-8-14-20)21-15-9-4-10-16-21/h2-18,24,26H,1H3,(H,29,30). The fraction of sp³-hybridized carbons (Fsp3) is 0.120. The molecule has 3 aromatic rings. The van der Waals surface area contributed by atoms with Gasteiger partial charge in [-0.25, -0.2) is 4.79 Å². The number of rotatable bonds is 6. The van der Waals surface area contributed by atoms with Gasteiger partial charge in [-0.05, 0) is 22.1 Å². The summed E-state index contributed by atoms with van der Waals surface area (Å²) in [5.41, 5.74) is 1.91. The van der Waals surface area contributed by atoms with E-state index in [2.05, 4.69) is 46.9 Å². The fourth-order valence-electron chi connectivity index (χ4n) is 3.89. The Morgan fingerprint density at radius 2 is 1.41 bits per heavy atom. The first-order valence-corrected chi connectivity index (χ1v) is 11.0. The maximum atomic E-state index is 11.9. The third kappa shape index (κ3) is 4.12. The lowest BCUT2D eigenvalue weighted by molar-refractivity contribution is -0.130. The summed E-state index contributed by atoms with van der Waals surface area (Å²) in [4.78, 5) is 18.2. The molecule has 3 aromatic carbocycles. The van der Waals surface area contributed by atoms with Gasteiger partial charge in [-0.15, -0.1) is 0 Å². The molecule has 0 saturated heterocycles. The molecule has 1 aliphatic rings. The monoisotopic (exact) mass is 445 g/mol. The Kier molecular flexibility index (Phi) is 6.58. The van der Waals surface area contributed by atoms with E-state index in [1.165, 1.54) is 18.9 Å². The predicted octanol–water partition coefficient (Wildman–Crippen LogP) is 4.42. The van der Waals surface area contributed by atoms with E-state index in [1.54, 1.807) is 11.1 Å². The number of aliphatic carboxylic acids is 1. The number of carboxylic acids is 1. The van der Waals surface area contributed by atoms with Crippen LogP contribution in [0.15, 0.2) is 108 Å². The normalized spacial score (nSPS) is 16.2. The van der Waals surface area contributed by atoms with Crippen molar-refractivity contribution in [3.63, 3.8) is 0 Å². The van der Waals surface area contributed by atoms with Crippen LogP contribution in [0, 0.1) is 0 Å². The minimum Gasteiger partial charge on any atom is -0.475 e. The lowest BCUT2D eigenvalue weighted by Gasteiger charge is -2.41. The van der Waals surface area contributed by atoms with Gasteiger partial charge in [0.25, 0.3) is 5.84 Å². The molecule has 7 heteroatoms. The highest BCUT2D eigenvalue weighted by Crippen LogP contribution is 2.39. The fourth-order valence-corrected chi connectivity index (χ4v) is 4.78. The van der Waals surface area contributed by atoms with E-state index in [1.807, 2.05) is 60.0 Å². The summed E-state index contributed by atoms with van der Waals surface area (Å²) in [6.45, 7) is 0. The van der Waals surface area contributed by atoms with Gasteiger partial charge in [0.15, 0.2) is 0 Å². The maximum absolute atomic E-state index is 11.9. The van der Waals surface area contributed by atoms with Crippen molar-refractivity contribution >= 4 is 23.6 Å². The van der Waals surface area contributed by atoms with Crippen LogP contribution in [0.2, 0.25) is 0 Å². The summed E-state index contributed by atoms with van der Waals surface area (Å²) >= 11 is 1.47. The lowest BCUT2D eigenvalue weighted by atomic mass is 9.77. The topological polar surface area (TPSA) is 74.2 Å². The lowest BCUT2D eigenvalue weighted by Crippen LogP contribution is -2.54. The van der Waals surface area contributed by atoms with Crippen molar-refractivity contribution in [2.24, 2.45) is 5.16 Å². The average Bonchev–Trinajstić information content (AvgIpc) is 3.30. The van der Waals surface area contributed by atoms with Crippen molar-refractivity contribution in [2.75, 3.05) is 7.11 Å². The number of benzene rings is 3. The molecular weight excluding hydrogens is 422 g/mol. The Hall–Kier alpha value is -3.55. The number of nitrogens with zero attached hydrogens (tertiary/aromatic N) is 2. The Labute approximate surface area is 191 Å². The van der Waals surface area contributed by atoms with Crippen LogP contribution >= 0.6 is 11.8 Å². The number of nitrogens with one attached hydrogen (secondary N) is 1. The van der Waals surface area contributed by atoms with Gasteiger partial charge in [0.05, 0.1) is 5.54 Å². The molecule has 0 fully saturated rings. The van der Waals surface area contributed by atoms with Crippen LogP contribution in [-0.2, 0) is 15.2 Å². The number of amidine groups is 1. The van der Waals surface area contributed by atoms with Crippen molar-refractivity contribution in [2.45, 2.75) is 11.0 Å². The summed E-state index contributed by atoms with van der Waals surface area (Å²) in [6, 6.07) is 30.4. The first-order chi connectivity index (χ1) is 15.7. The van der Waals surface area contributed by atoms with Crippen molar-refractivity contribution in [3.8, 4) is 0 Å². The van der Waals surface area contributed by atoms with Gasteiger partial charge < -0.3 is 9.94 Å². The second-order valence-electron chi connectivity index (χ2n) is 7.08. The van der Waals surface area contributed by atoms with Crippen LogP contribution in [-0.4, -0.2) is 34.4 Å². The van der Waals surface area contributed by atoms with Crippen molar-refractivity contribution in [1.29, 1.82) is 0 Å². The smallest absolute Gasteiger partial charge is 0.375 e. The van der Waals surface area contributed by atoms with E-state index in [-0.39, 0.29) is 5.84 Å². The maximum Gasteiger partial charge on any atom is 0.375 e. The Morgan fingerprint density at radius 1 is 0.938 bits per heavy atom. The van der Waals surface area contributed by atoms with Gasteiger partial charge in [0, 0.05) is 6.20 Å². The molecule has 1 aliphatic heterocycles. The van der Waals surface area contributed by atoms with Gasteiger partial charge in [0.1, 0.15) is 12.6 Å². The minimum atomic E-state index is -1.17. The van der Waals surface area contributed by atoms with E-state index >= 15 is 0 Å². The predicted molar refractivity (Wildman–Crippen MR) is 127 cm³/mol. The van der Waals surface area contributed by atoms with Crippen LogP contribution in [0.25, 0.3) is 0 Å². The van der Waals surface area contributed by atoms with Crippen LogP contribution in [0.5, 0.6) is 0 Å². The first kappa shape index (κ1) is 21.7. The number of carboxylic acid groups (broad SMARTS) is 1. The molecule has 0 radical (unpaired) electrons. The van der Waals surface area contributed by atoms with Crippen molar-refractivity contribution in [3.05, 3.63) is 119 Å². The molecule has 0 bridgehead atoms. The summed E-state index contributed by atoms with van der Waals surface area (Å²) in [6.07, 6.45) is 1.69. The summed E-state index contributed by atoms with van der Waals surface area (Å²) in [5.74, 6) is -1.37. The highest BCUT2D eigenvalue weighted by Gasteiger charge is 2.41. The molecule has 0 aliphatic carbocycles. The average molecular weight is 446 g/mol. The SMILES string of the molecule is CON=C(C(=O)O)N1C=CSC1NC(c1ccccc1)(c1ccccc1)c1ccccc1. The zero-order chi connectivity index (χ0) is 22.4. The molecule has 162 valence electrons. The second-order valence-corrected chi connectivity index (χ2v) is 8.07. The van der Waals surface area contributed by atoms with E-state index < -0.39 is 17.0 Å². The largest absolute Gasteiger partial charge is 0.475 e. The molecule has 6 nitrogen and oxygen atoms in total. The number of thioether (sulfide) groups is 1. The number of hydrogen-bond donors (Lipinski definition) is 2. The van der Waals surface area contributed by atoms with E-state index in [9.17, 15) is 9.90 Å². The molecule has 0 spiro atoms. The Bertz CT molecular complexity index is 1010. The van der Waals surface area contributed by atoms with Crippen LogP contribution in [0.4, 0.5) is 0 Å². The van der Waals surface area contributed by atoms with Crippen LogP contribution < -0.4 is 5.32 Å². The quantitative estimate of drug-likeness (QED) is 0.253. The molecule has 1 heterocycles. The van der Waals surface area contributed by atoms with Crippen LogP contribution in [0.3, 0.4) is 0 Å². The Balaban J connectivity index is 1.89. The summed E-state index contributed by atoms with van der Waals surface area (Å²) in [7, 11) is 1.33.